The molecule has 5 nitrogen and oxygen atoms in total. The van der Waals surface area contributed by atoms with Gasteiger partial charge in [-0.2, -0.15) is 0 Å². The van der Waals surface area contributed by atoms with E-state index in [1.165, 1.54) is 11.8 Å². The summed E-state index contributed by atoms with van der Waals surface area (Å²) in [7, 11) is 1.62. The second-order valence-electron chi connectivity index (χ2n) is 4.81. The van der Waals surface area contributed by atoms with Crippen LogP contribution in [0.15, 0.2) is 24.3 Å². The highest BCUT2D eigenvalue weighted by Crippen LogP contribution is 2.26. The monoisotopic (exact) mass is 308 g/mol. The number of thioether (sulfide) groups is 1. The van der Waals surface area contributed by atoms with E-state index in [1.807, 2.05) is 31.2 Å². The zero-order valence-electron chi connectivity index (χ0n) is 12.3. The molecule has 0 spiro atoms. The third-order valence-electron chi connectivity index (χ3n) is 3.44. The normalized spacial score (nSPS) is 15.9. The molecule has 1 atom stereocenters. The molecule has 1 aromatic carbocycles. The molecule has 21 heavy (non-hydrogen) atoms. The summed E-state index contributed by atoms with van der Waals surface area (Å²) < 4.78 is 5.34. The van der Waals surface area contributed by atoms with Crippen LogP contribution in [0, 0.1) is 0 Å². The van der Waals surface area contributed by atoms with Crippen LogP contribution in [0.4, 0.5) is 4.79 Å². The summed E-state index contributed by atoms with van der Waals surface area (Å²) in [4.78, 5) is 25.2. The fraction of sp³-hybridized carbons (Fsp3) is 0.467. The van der Waals surface area contributed by atoms with E-state index in [4.69, 9.17) is 4.74 Å². The van der Waals surface area contributed by atoms with Crippen molar-refractivity contribution in [3.05, 3.63) is 29.8 Å². The lowest BCUT2D eigenvalue weighted by atomic mass is 10.0. The number of benzene rings is 1. The van der Waals surface area contributed by atoms with Crippen LogP contribution in [-0.2, 0) is 4.79 Å². The predicted molar refractivity (Wildman–Crippen MR) is 83.6 cm³/mol. The van der Waals surface area contributed by atoms with E-state index in [2.05, 4.69) is 5.32 Å². The molecule has 0 unspecified atom stereocenters. The Bertz CT molecular complexity index is 521. The number of amides is 2. The summed E-state index contributed by atoms with van der Waals surface area (Å²) in [6.45, 7) is 2.77. The molecule has 1 aliphatic rings. The number of rotatable bonds is 6. The maximum Gasteiger partial charge on any atom is 0.282 e. The maximum atomic E-state index is 12.1. The van der Waals surface area contributed by atoms with Gasteiger partial charge in [0.2, 0.25) is 5.91 Å². The van der Waals surface area contributed by atoms with E-state index in [1.54, 1.807) is 12.0 Å². The van der Waals surface area contributed by atoms with Crippen LogP contribution in [0.5, 0.6) is 5.75 Å². The van der Waals surface area contributed by atoms with Gasteiger partial charge < -0.3 is 15.0 Å². The number of carbonyl (C=O) groups excluding carboxylic acids is 2. The van der Waals surface area contributed by atoms with Gasteiger partial charge in [0.1, 0.15) is 12.3 Å². The Labute approximate surface area is 129 Å². The minimum absolute atomic E-state index is 0.0181. The Hall–Kier alpha value is -1.69. The van der Waals surface area contributed by atoms with Crippen molar-refractivity contribution in [2.75, 3.05) is 26.0 Å². The van der Waals surface area contributed by atoms with Gasteiger partial charge in [-0.25, -0.2) is 0 Å². The third-order valence-corrected chi connectivity index (χ3v) is 4.33. The lowest BCUT2D eigenvalue weighted by Crippen LogP contribution is -2.38. The summed E-state index contributed by atoms with van der Waals surface area (Å²) in [6.07, 6.45) is 0.759. The molecule has 1 aliphatic heterocycles. The molecule has 1 fully saturated rings. The Kier molecular flexibility index (Phi) is 5.50. The van der Waals surface area contributed by atoms with Gasteiger partial charge >= 0.3 is 0 Å². The molecular weight excluding hydrogens is 288 g/mol. The lowest BCUT2D eigenvalue weighted by molar-refractivity contribution is -0.122. The number of ether oxygens (including phenoxy) is 1. The van der Waals surface area contributed by atoms with Crippen LogP contribution in [0.1, 0.15) is 24.9 Å². The molecule has 2 amide bonds. The van der Waals surface area contributed by atoms with Crippen molar-refractivity contribution in [2.45, 2.75) is 19.4 Å². The first-order chi connectivity index (χ1) is 10.2. The highest BCUT2D eigenvalue weighted by atomic mass is 32.2. The minimum atomic E-state index is -0.136. The molecule has 0 bridgehead atoms. The van der Waals surface area contributed by atoms with Crippen LogP contribution >= 0.6 is 11.8 Å². The molecule has 114 valence electrons. The van der Waals surface area contributed by atoms with Gasteiger partial charge in [0.25, 0.3) is 5.24 Å². The second-order valence-corrected chi connectivity index (χ2v) is 5.85. The summed E-state index contributed by atoms with van der Waals surface area (Å²) >= 11 is 1.26. The Morgan fingerprint density at radius 1 is 1.48 bits per heavy atom. The van der Waals surface area contributed by atoms with Crippen molar-refractivity contribution in [3.8, 4) is 5.75 Å². The van der Waals surface area contributed by atoms with E-state index in [-0.39, 0.29) is 23.7 Å². The molecule has 2 rings (SSSR count). The molecule has 1 aromatic rings. The van der Waals surface area contributed by atoms with Gasteiger partial charge in [-0.15, -0.1) is 0 Å². The third kappa shape index (κ3) is 3.91. The largest absolute Gasteiger partial charge is 0.496 e. The zero-order chi connectivity index (χ0) is 15.2. The molecule has 0 aliphatic carbocycles. The van der Waals surface area contributed by atoms with E-state index in [0.717, 1.165) is 23.5 Å². The number of para-hydroxylation sites is 1. The first kappa shape index (κ1) is 15.7. The number of nitrogens with zero attached hydrogens (tertiary/aromatic N) is 1. The second kappa shape index (κ2) is 7.36. The fourth-order valence-corrected chi connectivity index (χ4v) is 3.16. The van der Waals surface area contributed by atoms with E-state index in [9.17, 15) is 9.59 Å². The first-order valence-corrected chi connectivity index (χ1v) is 7.98. The molecule has 6 heteroatoms. The maximum absolute atomic E-state index is 12.1. The highest BCUT2D eigenvalue weighted by molar-refractivity contribution is 8.13. The average Bonchev–Trinajstić information content (AvgIpc) is 2.90. The standard InChI is InChI=1S/C15H20N2O3S/c1-3-12(11-6-4-5-7-13(11)20-2)16-14(18)10-17-8-9-21-15(17)19/h4-7,12H,3,8-10H2,1-2H3,(H,16,18)/t12-/m0/s1. The van der Waals surface area contributed by atoms with E-state index < -0.39 is 0 Å². The van der Waals surface area contributed by atoms with Gasteiger partial charge in [-0.1, -0.05) is 36.9 Å². The van der Waals surface area contributed by atoms with Gasteiger partial charge in [-0.05, 0) is 12.5 Å². The first-order valence-electron chi connectivity index (χ1n) is 6.99. The Morgan fingerprint density at radius 3 is 2.86 bits per heavy atom. The van der Waals surface area contributed by atoms with E-state index in [0.29, 0.717) is 6.54 Å². The SMILES string of the molecule is CC[C@H](NC(=O)CN1CCSC1=O)c1ccccc1OC. The number of carbonyl (C=O) groups is 2. The Morgan fingerprint density at radius 2 is 2.24 bits per heavy atom. The van der Waals surface area contributed by atoms with Crippen molar-refractivity contribution in [1.82, 2.24) is 10.2 Å². The minimum Gasteiger partial charge on any atom is -0.496 e. The topological polar surface area (TPSA) is 58.6 Å². The number of hydrogen-bond acceptors (Lipinski definition) is 4. The number of nitrogens with one attached hydrogen (secondary N) is 1. The predicted octanol–water partition coefficient (Wildman–Crippen LogP) is 2.43. The van der Waals surface area contributed by atoms with Crippen molar-refractivity contribution in [2.24, 2.45) is 0 Å². The van der Waals surface area contributed by atoms with Crippen LogP contribution < -0.4 is 10.1 Å². The van der Waals surface area contributed by atoms with Crippen LogP contribution in [0.3, 0.4) is 0 Å². The van der Waals surface area contributed by atoms with Crippen molar-refractivity contribution < 1.29 is 14.3 Å². The molecule has 0 aromatic heterocycles. The van der Waals surface area contributed by atoms with Gasteiger partial charge in [-0.3, -0.25) is 9.59 Å². The quantitative estimate of drug-likeness (QED) is 0.877. The van der Waals surface area contributed by atoms with Gasteiger partial charge in [0, 0.05) is 17.9 Å². The van der Waals surface area contributed by atoms with Crippen LogP contribution in [0.25, 0.3) is 0 Å². The lowest BCUT2D eigenvalue weighted by Gasteiger charge is -2.21. The van der Waals surface area contributed by atoms with E-state index >= 15 is 0 Å². The average molecular weight is 308 g/mol. The molecule has 1 saturated heterocycles. The summed E-state index contributed by atoms with van der Waals surface area (Å²) in [5.41, 5.74) is 0.956. The molecular formula is C15H20N2O3S. The number of methoxy groups -OCH3 is 1. The summed E-state index contributed by atoms with van der Waals surface area (Å²) in [5, 5.41) is 2.96. The molecule has 1 heterocycles. The summed E-state index contributed by atoms with van der Waals surface area (Å²) in [6, 6.07) is 7.54. The van der Waals surface area contributed by atoms with Gasteiger partial charge in [0.05, 0.1) is 13.2 Å². The van der Waals surface area contributed by atoms with Gasteiger partial charge in [0.15, 0.2) is 0 Å². The molecule has 1 N–H and O–H groups in total. The zero-order valence-corrected chi connectivity index (χ0v) is 13.1. The molecule has 0 saturated carbocycles. The summed E-state index contributed by atoms with van der Waals surface area (Å²) in [5.74, 6) is 1.39. The van der Waals surface area contributed by atoms with Crippen LogP contribution in [0.2, 0.25) is 0 Å². The van der Waals surface area contributed by atoms with Crippen LogP contribution in [-0.4, -0.2) is 42.0 Å². The highest BCUT2D eigenvalue weighted by Gasteiger charge is 2.24. The Balaban J connectivity index is 2.01. The smallest absolute Gasteiger partial charge is 0.282 e. The van der Waals surface area contributed by atoms with Crippen molar-refractivity contribution in [3.63, 3.8) is 0 Å². The number of hydrogen-bond donors (Lipinski definition) is 1. The fourth-order valence-electron chi connectivity index (χ4n) is 2.34. The van der Waals surface area contributed by atoms with Crippen molar-refractivity contribution in [1.29, 1.82) is 0 Å². The molecule has 0 radical (unpaired) electrons. The van der Waals surface area contributed by atoms with Crippen molar-refractivity contribution >= 4 is 22.9 Å².